The summed E-state index contributed by atoms with van der Waals surface area (Å²) in [7, 11) is -3.53. The minimum atomic E-state index is -3.53. The number of benzene rings is 2. The predicted octanol–water partition coefficient (Wildman–Crippen LogP) is 5.23. The van der Waals surface area contributed by atoms with Crippen LogP contribution in [-0.4, -0.2) is 50.5 Å². The smallest absolute Gasteiger partial charge is 0.242 e. The van der Waals surface area contributed by atoms with Gasteiger partial charge in [-0.05, 0) is 74.1 Å². The lowest BCUT2D eigenvalue weighted by Gasteiger charge is -2.31. The Morgan fingerprint density at radius 3 is 2.24 bits per heavy atom. The molecule has 0 saturated carbocycles. The van der Waals surface area contributed by atoms with Crippen LogP contribution < -0.4 is 9.62 Å². The van der Waals surface area contributed by atoms with Crippen molar-refractivity contribution in [2.75, 3.05) is 23.7 Å². The molecule has 1 atom stereocenters. The van der Waals surface area contributed by atoms with Crippen LogP contribution in [0.3, 0.4) is 0 Å². The van der Waals surface area contributed by atoms with Crippen LogP contribution in [-0.2, 0) is 26.2 Å². The number of anilines is 1. The molecule has 0 unspecified atom stereocenters. The summed E-state index contributed by atoms with van der Waals surface area (Å²) in [6.45, 7) is 8.85. The van der Waals surface area contributed by atoms with E-state index in [1.807, 2.05) is 45.0 Å². The number of carbonyl (C=O) groups excluding carboxylic acids is 2. The molecule has 2 amide bonds. The highest BCUT2D eigenvalue weighted by Gasteiger charge is 2.28. The molecule has 2 aromatic rings. The summed E-state index contributed by atoms with van der Waals surface area (Å²) < 4.78 is 26.4. The molecule has 2 rings (SSSR count). The molecule has 204 valence electrons. The molecule has 0 aromatic heterocycles. The molecule has 0 radical (unpaired) electrons. The first-order valence-corrected chi connectivity index (χ1v) is 15.1. The van der Waals surface area contributed by atoms with Crippen molar-refractivity contribution in [1.29, 1.82) is 0 Å². The van der Waals surface area contributed by atoms with Crippen molar-refractivity contribution in [3.05, 3.63) is 64.2 Å². The van der Waals surface area contributed by atoms with Gasteiger partial charge in [-0.25, -0.2) is 8.42 Å². The summed E-state index contributed by atoms with van der Waals surface area (Å²) in [5.74, 6) is -0.368. The summed E-state index contributed by atoms with van der Waals surface area (Å²) >= 11 is 6.03. The number of unbranched alkanes of at least 4 members (excludes halogenated alkanes) is 1. The Balaban J connectivity index is 2.20. The molecule has 9 heteroatoms. The van der Waals surface area contributed by atoms with Crippen molar-refractivity contribution < 1.29 is 18.0 Å². The predicted molar refractivity (Wildman–Crippen MR) is 151 cm³/mol. The van der Waals surface area contributed by atoms with Crippen molar-refractivity contribution in [3.8, 4) is 0 Å². The second-order valence-electron chi connectivity index (χ2n) is 9.42. The van der Waals surface area contributed by atoms with Crippen molar-refractivity contribution in [3.63, 3.8) is 0 Å². The lowest BCUT2D eigenvalue weighted by atomic mass is 10.1. The minimum Gasteiger partial charge on any atom is -0.354 e. The van der Waals surface area contributed by atoms with Gasteiger partial charge in [0, 0.05) is 31.1 Å². The minimum absolute atomic E-state index is 0.114. The van der Waals surface area contributed by atoms with E-state index in [-0.39, 0.29) is 31.3 Å². The van der Waals surface area contributed by atoms with Gasteiger partial charge < -0.3 is 10.2 Å². The molecular weight excluding hydrogens is 510 g/mol. The third-order valence-electron chi connectivity index (χ3n) is 6.41. The van der Waals surface area contributed by atoms with Crippen LogP contribution in [0.25, 0.3) is 0 Å². The van der Waals surface area contributed by atoms with Crippen molar-refractivity contribution in [2.24, 2.45) is 0 Å². The van der Waals surface area contributed by atoms with E-state index in [1.54, 1.807) is 23.1 Å². The molecule has 1 N–H and O–H groups in total. The maximum Gasteiger partial charge on any atom is 0.242 e. The molecule has 2 aromatic carbocycles. The number of hydrogen-bond acceptors (Lipinski definition) is 4. The van der Waals surface area contributed by atoms with E-state index in [0.29, 0.717) is 30.1 Å². The Kier molecular flexibility index (Phi) is 11.9. The van der Waals surface area contributed by atoms with E-state index in [9.17, 15) is 18.0 Å². The fraction of sp³-hybridized carbons (Fsp3) is 0.500. The average molecular weight is 550 g/mol. The van der Waals surface area contributed by atoms with E-state index >= 15 is 0 Å². The number of aryl methyl sites for hydroxylation is 2. The largest absolute Gasteiger partial charge is 0.354 e. The third-order valence-corrected chi connectivity index (χ3v) is 7.86. The summed E-state index contributed by atoms with van der Waals surface area (Å²) in [5, 5.41) is 3.54. The first-order chi connectivity index (χ1) is 17.5. The molecule has 0 aliphatic carbocycles. The fourth-order valence-corrected chi connectivity index (χ4v) is 5.18. The topological polar surface area (TPSA) is 86.8 Å². The number of nitrogens with one attached hydrogen (secondary N) is 1. The van der Waals surface area contributed by atoms with Gasteiger partial charge in [0.1, 0.15) is 6.04 Å². The molecule has 0 heterocycles. The number of carbonyl (C=O) groups is 2. The Hall–Kier alpha value is -2.58. The van der Waals surface area contributed by atoms with Crippen LogP contribution in [0.15, 0.2) is 42.5 Å². The number of halogens is 1. The molecule has 0 aliphatic rings. The summed E-state index contributed by atoms with van der Waals surface area (Å²) in [4.78, 5) is 28.1. The highest BCUT2D eigenvalue weighted by Crippen LogP contribution is 2.22. The number of amides is 2. The summed E-state index contributed by atoms with van der Waals surface area (Å²) in [6.07, 6.45) is 3.90. The van der Waals surface area contributed by atoms with E-state index in [1.165, 1.54) is 10.6 Å². The van der Waals surface area contributed by atoms with Gasteiger partial charge in [0.2, 0.25) is 21.8 Å². The molecule has 7 nitrogen and oxygen atoms in total. The number of nitrogens with zero attached hydrogens (tertiary/aromatic N) is 2. The van der Waals surface area contributed by atoms with E-state index in [4.69, 9.17) is 11.6 Å². The Labute approximate surface area is 227 Å². The van der Waals surface area contributed by atoms with Crippen LogP contribution in [0.2, 0.25) is 5.02 Å². The van der Waals surface area contributed by atoms with Crippen LogP contribution >= 0.6 is 11.6 Å². The van der Waals surface area contributed by atoms with E-state index in [2.05, 4.69) is 12.2 Å². The van der Waals surface area contributed by atoms with Crippen molar-refractivity contribution >= 4 is 39.1 Å². The van der Waals surface area contributed by atoms with Crippen LogP contribution in [0, 0.1) is 13.8 Å². The van der Waals surface area contributed by atoms with Gasteiger partial charge in [0.15, 0.2) is 0 Å². The highest BCUT2D eigenvalue weighted by molar-refractivity contribution is 7.92. The lowest BCUT2D eigenvalue weighted by molar-refractivity contribution is -0.141. The molecule has 0 bridgehead atoms. The molecule has 0 aliphatic heterocycles. The van der Waals surface area contributed by atoms with Gasteiger partial charge in [-0.1, -0.05) is 50.1 Å². The van der Waals surface area contributed by atoms with Crippen LogP contribution in [0.1, 0.15) is 62.6 Å². The molecule has 0 fully saturated rings. The summed E-state index contributed by atoms with van der Waals surface area (Å²) in [5.41, 5.74) is 3.52. The van der Waals surface area contributed by atoms with Gasteiger partial charge in [-0.2, -0.15) is 0 Å². The Morgan fingerprint density at radius 2 is 1.68 bits per heavy atom. The van der Waals surface area contributed by atoms with Crippen LogP contribution in [0.4, 0.5) is 5.69 Å². The van der Waals surface area contributed by atoms with Crippen molar-refractivity contribution in [2.45, 2.75) is 72.4 Å². The van der Waals surface area contributed by atoms with E-state index in [0.717, 1.165) is 29.5 Å². The van der Waals surface area contributed by atoms with Gasteiger partial charge in [0.25, 0.3) is 0 Å². The maximum absolute atomic E-state index is 13.5. The first kappa shape index (κ1) is 30.6. The van der Waals surface area contributed by atoms with Crippen LogP contribution in [0.5, 0.6) is 0 Å². The zero-order valence-corrected chi connectivity index (χ0v) is 24.2. The standard InChI is InChI=1S/C28H40ClN3O4S/c1-6-8-17-30-28(34)26(7-2)31(20-23-12-14-24(29)15-13-23)27(33)10-9-18-32(37(5,35)36)25-16-11-21(3)22(4)19-25/h11-16,19,26H,6-10,17-18,20H2,1-5H3,(H,30,34)/t26-/m1/s1. The second-order valence-corrected chi connectivity index (χ2v) is 11.8. The monoisotopic (exact) mass is 549 g/mol. The maximum atomic E-state index is 13.5. The van der Waals surface area contributed by atoms with E-state index < -0.39 is 16.1 Å². The summed E-state index contributed by atoms with van der Waals surface area (Å²) in [6, 6.07) is 12.1. The SMILES string of the molecule is CCCCNC(=O)[C@@H](CC)N(Cc1ccc(Cl)cc1)C(=O)CCCN(c1ccc(C)c(C)c1)S(C)(=O)=O. The third kappa shape index (κ3) is 9.34. The number of sulfonamides is 1. The normalized spacial score (nSPS) is 12.2. The average Bonchev–Trinajstić information content (AvgIpc) is 2.84. The second kappa shape index (κ2) is 14.4. The van der Waals surface area contributed by atoms with Gasteiger partial charge in [-0.3, -0.25) is 13.9 Å². The lowest BCUT2D eigenvalue weighted by Crippen LogP contribution is -2.49. The quantitative estimate of drug-likeness (QED) is 0.327. The zero-order chi connectivity index (χ0) is 27.6. The molecule has 0 spiro atoms. The zero-order valence-electron chi connectivity index (χ0n) is 22.6. The molecule has 37 heavy (non-hydrogen) atoms. The van der Waals surface area contributed by atoms with Gasteiger partial charge >= 0.3 is 0 Å². The molecule has 0 saturated heterocycles. The fourth-order valence-electron chi connectivity index (χ4n) is 4.10. The van der Waals surface area contributed by atoms with Gasteiger partial charge in [-0.15, -0.1) is 0 Å². The number of hydrogen-bond donors (Lipinski definition) is 1. The van der Waals surface area contributed by atoms with Gasteiger partial charge in [0.05, 0.1) is 11.9 Å². The first-order valence-electron chi connectivity index (χ1n) is 12.8. The Morgan fingerprint density at radius 1 is 1.00 bits per heavy atom. The number of rotatable bonds is 14. The van der Waals surface area contributed by atoms with Crippen molar-refractivity contribution in [1.82, 2.24) is 10.2 Å². The Bertz CT molecular complexity index is 1150. The molecular formula is C28H40ClN3O4S. The highest BCUT2D eigenvalue weighted by atomic mass is 35.5.